The topological polar surface area (TPSA) is 179 Å². The molecule has 15 nitrogen and oxygen atoms in total. The molecule has 4 aliphatic rings. The minimum absolute atomic E-state index is 0.0292. The number of fused-ring (bicyclic) bond motifs is 1. The Kier molecular flexibility index (Phi) is 11.3. The predicted octanol–water partition coefficient (Wildman–Crippen LogP) is 3.85. The summed E-state index contributed by atoms with van der Waals surface area (Å²) in [7, 11) is 0. The molecular weight excluding hydrogens is 748 g/mol. The van der Waals surface area contributed by atoms with Gasteiger partial charge in [-0.15, -0.1) is 0 Å². The summed E-state index contributed by atoms with van der Waals surface area (Å²) in [6, 6.07) is 12.2. The number of carbonyl (C=O) groups excluding carboxylic acids is 3. The molecule has 57 heavy (non-hydrogen) atoms. The number of aromatic nitrogens is 4. The Morgan fingerprint density at radius 1 is 0.895 bits per heavy atom. The third-order valence-corrected chi connectivity index (χ3v) is 12.0. The number of nitrogens with zero attached hydrogens (tertiary/aromatic N) is 8. The molecule has 0 spiro atoms. The van der Waals surface area contributed by atoms with E-state index in [2.05, 4.69) is 46.5 Å². The first-order valence-electron chi connectivity index (χ1n) is 19.8. The van der Waals surface area contributed by atoms with E-state index in [0.717, 1.165) is 95.4 Å². The number of piperidine rings is 2. The Labute approximate surface area is 334 Å². The van der Waals surface area contributed by atoms with Crippen LogP contribution in [0.25, 0.3) is 10.8 Å². The Morgan fingerprint density at radius 3 is 2.35 bits per heavy atom. The zero-order valence-corrected chi connectivity index (χ0v) is 32.4. The highest BCUT2D eigenvalue weighted by Gasteiger charge is 2.31. The fraction of sp³-hybridized carbons (Fsp3) is 0.463. The summed E-state index contributed by atoms with van der Waals surface area (Å²) < 4.78 is 7.28. The van der Waals surface area contributed by atoms with Gasteiger partial charge in [-0.2, -0.15) is 10.4 Å². The van der Waals surface area contributed by atoms with Gasteiger partial charge in [0.25, 0.3) is 17.4 Å². The zero-order valence-electron chi connectivity index (χ0n) is 31.6. The van der Waals surface area contributed by atoms with Gasteiger partial charge in [-0.1, -0.05) is 11.6 Å². The van der Waals surface area contributed by atoms with Gasteiger partial charge in [0.1, 0.15) is 17.9 Å². The molecule has 1 saturated carbocycles. The summed E-state index contributed by atoms with van der Waals surface area (Å²) in [5.41, 5.74) is 1.58. The lowest BCUT2D eigenvalue weighted by Gasteiger charge is -2.39. The first-order chi connectivity index (χ1) is 27.7. The van der Waals surface area contributed by atoms with Crippen LogP contribution in [0, 0.1) is 17.2 Å². The van der Waals surface area contributed by atoms with E-state index in [1.165, 1.54) is 4.68 Å². The summed E-state index contributed by atoms with van der Waals surface area (Å²) in [5, 5.41) is 20.4. The molecule has 2 N–H and O–H groups in total. The number of halogens is 1. The van der Waals surface area contributed by atoms with Crippen molar-refractivity contribution in [2.24, 2.45) is 5.92 Å². The molecule has 0 unspecified atom stereocenters. The number of rotatable bonds is 9. The van der Waals surface area contributed by atoms with Crippen molar-refractivity contribution in [2.45, 2.75) is 69.6 Å². The molecule has 8 rings (SSSR count). The lowest BCUT2D eigenvalue weighted by Crippen LogP contribution is -2.49. The highest BCUT2D eigenvalue weighted by atomic mass is 35.5. The lowest BCUT2D eigenvalue weighted by molar-refractivity contribution is -0.136. The number of hydrogen-bond acceptors (Lipinski definition) is 12. The molecule has 2 aromatic heterocycles. The number of piperazine rings is 1. The average Bonchev–Trinajstić information content (AvgIpc) is 3.23. The van der Waals surface area contributed by atoms with E-state index in [1.54, 1.807) is 36.8 Å². The van der Waals surface area contributed by atoms with E-state index in [-0.39, 0.29) is 42.4 Å². The summed E-state index contributed by atoms with van der Waals surface area (Å²) in [6.07, 6.45) is 10.6. The van der Waals surface area contributed by atoms with Crippen molar-refractivity contribution >= 4 is 51.7 Å². The second-order valence-corrected chi connectivity index (χ2v) is 15.8. The molecule has 5 heterocycles. The van der Waals surface area contributed by atoms with Gasteiger partial charge in [0, 0.05) is 87.8 Å². The number of carbonyl (C=O) groups is 3. The summed E-state index contributed by atoms with van der Waals surface area (Å²) in [6.45, 7) is 6.43. The van der Waals surface area contributed by atoms with E-state index >= 15 is 0 Å². The average molecular weight is 793 g/mol. The molecule has 4 fully saturated rings. The largest absolute Gasteiger partial charge is 0.490 e. The molecule has 3 amide bonds. The quantitative estimate of drug-likeness (QED) is 0.235. The van der Waals surface area contributed by atoms with Crippen LogP contribution < -0.4 is 30.7 Å². The highest BCUT2D eigenvalue weighted by molar-refractivity contribution is 6.31. The van der Waals surface area contributed by atoms with Crippen LogP contribution in [0.5, 0.6) is 5.75 Å². The van der Waals surface area contributed by atoms with Gasteiger partial charge in [0.15, 0.2) is 0 Å². The molecule has 2 aromatic carbocycles. The number of hydrogen-bond donors (Lipinski definition) is 2. The second kappa shape index (κ2) is 16.9. The number of nitrogens with one attached hydrogen (secondary N) is 2. The van der Waals surface area contributed by atoms with Crippen LogP contribution in [0.3, 0.4) is 0 Å². The van der Waals surface area contributed by atoms with E-state index in [4.69, 9.17) is 21.6 Å². The minimum atomic E-state index is -0.783. The second-order valence-electron chi connectivity index (χ2n) is 15.4. The van der Waals surface area contributed by atoms with Crippen LogP contribution in [0.4, 0.5) is 11.6 Å². The number of nitriles is 1. The maximum atomic E-state index is 13.2. The van der Waals surface area contributed by atoms with Crippen molar-refractivity contribution in [3.8, 4) is 11.8 Å². The van der Waals surface area contributed by atoms with Crippen LogP contribution in [0.2, 0.25) is 5.02 Å². The van der Waals surface area contributed by atoms with Gasteiger partial charge >= 0.3 is 0 Å². The van der Waals surface area contributed by atoms with E-state index in [9.17, 15) is 19.2 Å². The third-order valence-electron chi connectivity index (χ3n) is 11.7. The molecule has 4 aromatic rings. The first-order valence-corrected chi connectivity index (χ1v) is 20.2. The van der Waals surface area contributed by atoms with Crippen molar-refractivity contribution in [1.82, 2.24) is 35.3 Å². The van der Waals surface area contributed by atoms with Crippen LogP contribution >= 0.6 is 11.6 Å². The van der Waals surface area contributed by atoms with E-state index in [0.29, 0.717) is 39.2 Å². The van der Waals surface area contributed by atoms with Crippen molar-refractivity contribution in [2.75, 3.05) is 55.6 Å². The Bertz CT molecular complexity index is 2240. The summed E-state index contributed by atoms with van der Waals surface area (Å²) in [4.78, 5) is 66.3. The Balaban J connectivity index is 0.756. The van der Waals surface area contributed by atoms with Crippen LogP contribution in [0.1, 0.15) is 73.3 Å². The molecule has 3 aliphatic heterocycles. The van der Waals surface area contributed by atoms with E-state index in [1.807, 2.05) is 18.2 Å². The maximum absolute atomic E-state index is 13.2. The smallest absolute Gasteiger partial charge is 0.275 e. The van der Waals surface area contributed by atoms with Crippen molar-refractivity contribution in [3.63, 3.8) is 0 Å². The molecule has 1 atom stereocenters. The van der Waals surface area contributed by atoms with Crippen molar-refractivity contribution in [1.29, 1.82) is 5.26 Å². The summed E-state index contributed by atoms with van der Waals surface area (Å²) >= 11 is 6.15. The van der Waals surface area contributed by atoms with Gasteiger partial charge in [-0.05, 0) is 81.2 Å². The number of amides is 3. The number of imide groups is 1. The zero-order chi connectivity index (χ0) is 39.5. The van der Waals surface area contributed by atoms with Gasteiger partial charge in [-0.3, -0.25) is 29.4 Å². The minimum Gasteiger partial charge on any atom is -0.490 e. The van der Waals surface area contributed by atoms with Gasteiger partial charge in [0.05, 0.1) is 33.8 Å². The van der Waals surface area contributed by atoms with Crippen LogP contribution in [-0.4, -0.2) is 100 Å². The highest BCUT2D eigenvalue weighted by Crippen LogP contribution is 2.29. The molecule has 0 bridgehead atoms. The molecule has 296 valence electrons. The molecule has 16 heteroatoms. The Hall–Kier alpha value is -5.59. The summed E-state index contributed by atoms with van der Waals surface area (Å²) in [5.74, 6) is 0.893. The maximum Gasteiger partial charge on any atom is 0.275 e. The van der Waals surface area contributed by atoms with Crippen molar-refractivity contribution in [3.05, 3.63) is 81.5 Å². The number of ether oxygens (including phenoxy) is 1. The first kappa shape index (κ1) is 38.3. The Morgan fingerprint density at radius 2 is 1.65 bits per heavy atom. The number of anilines is 2. The van der Waals surface area contributed by atoms with Gasteiger partial charge in [0.2, 0.25) is 11.9 Å². The molecule has 1 aliphatic carbocycles. The van der Waals surface area contributed by atoms with Crippen LogP contribution in [-0.2, 0) is 9.59 Å². The normalized spacial score (nSPS) is 22.2. The molecular formula is C41H45ClN10O5. The van der Waals surface area contributed by atoms with Gasteiger partial charge in [-0.25, -0.2) is 14.6 Å². The SMILES string of the molecule is N#Cc1ccc(OC2CCC(NC(=O)c3cnc(N4CCC(CN5CCN(c6ccc7c(=O)n([C@H]8CCC(=O)NC8=O)ncc7c6)CC5)CC4)nc3)CC2)cc1Cl. The third kappa shape index (κ3) is 8.72. The standard InChI is InChI=1S/C41H45ClN10O5/c42-35-20-33(5-1-27(35)21-43)57-32-6-2-30(3-7-32)47-38(54)29-22-44-41(45-23-29)51-13-11-26(12-14-51)25-49-15-17-50(18-16-49)31-4-8-34-28(19-31)24-46-52(40(34)56)36-9-10-37(53)48-39(36)55/h1,4-5,8,19-20,22-24,26,30,32,36H,2-3,6-7,9-18,25H2,(H,47,54)(H,48,53,55)/t30?,32?,36-/m0/s1. The number of benzene rings is 2. The van der Waals surface area contributed by atoms with Gasteiger partial charge < -0.3 is 19.9 Å². The molecule has 0 radical (unpaired) electrons. The lowest BCUT2D eigenvalue weighted by atomic mass is 9.92. The predicted molar refractivity (Wildman–Crippen MR) is 213 cm³/mol. The molecule has 3 saturated heterocycles. The fourth-order valence-electron chi connectivity index (χ4n) is 8.40. The monoisotopic (exact) mass is 792 g/mol. The fourth-order valence-corrected chi connectivity index (χ4v) is 8.62. The van der Waals surface area contributed by atoms with Crippen molar-refractivity contribution < 1.29 is 19.1 Å². The van der Waals surface area contributed by atoms with Crippen LogP contribution in [0.15, 0.2) is 59.8 Å². The van der Waals surface area contributed by atoms with E-state index < -0.39 is 11.9 Å².